The van der Waals surface area contributed by atoms with Crippen LogP contribution < -0.4 is 5.32 Å². The number of hydrogen-bond donors (Lipinski definition) is 1. The molecule has 0 bridgehead atoms. The minimum absolute atomic E-state index is 0.0918. The lowest BCUT2D eigenvalue weighted by Crippen LogP contribution is -2.19. The van der Waals surface area contributed by atoms with E-state index in [1.165, 1.54) is 6.07 Å². The van der Waals surface area contributed by atoms with Gasteiger partial charge in [-0.3, -0.25) is 10.1 Å². The Balaban J connectivity index is 2.07. The highest BCUT2D eigenvalue weighted by Crippen LogP contribution is 2.24. The number of benzene rings is 1. The lowest BCUT2D eigenvalue weighted by molar-refractivity contribution is -0.385. The molecule has 0 amide bonds. The van der Waals surface area contributed by atoms with Crippen molar-refractivity contribution in [2.45, 2.75) is 26.4 Å². The van der Waals surface area contributed by atoms with Gasteiger partial charge >= 0.3 is 0 Å². The number of nitrogens with zero attached hydrogens (tertiary/aromatic N) is 2. The maximum absolute atomic E-state index is 11.0. The number of nitrogens with one attached hydrogen (secondary N) is 1. The minimum Gasteiger partial charge on any atom is -0.304 e. The van der Waals surface area contributed by atoms with Crippen LogP contribution in [0.15, 0.2) is 29.6 Å². The van der Waals surface area contributed by atoms with Gasteiger partial charge in [0, 0.05) is 35.3 Å². The highest BCUT2D eigenvalue weighted by atomic mass is 32.1. The van der Waals surface area contributed by atoms with Crippen molar-refractivity contribution in [2.75, 3.05) is 0 Å². The van der Waals surface area contributed by atoms with Crippen LogP contribution in [0.1, 0.15) is 29.2 Å². The van der Waals surface area contributed by atoms with Crippen LogP contribution in [-0.2, 0) is 6.54 Å². The average molecular weight is 277 g/mol. The highest BCUT2D eigenvalue weighted by molar-refractivity contribution is 7.09. The van der Waals surface area contributed by atoms with E-state index < -0.39 is 0 Å². The first-order chi connectivity index (χ1) is 9.08. The van der Waals surface area contributed by atoms with Crippen LogP contribution in [0, 0.1) is 17.0 Å². The van der Waals surface area contributed by atoms with E-state index >= 15 is 0 Å². The van der Waals surface area contributed by atoms with Gasteiger partial charge in [0.05, 0.1) is 4.92 Å². The van der Waals surface area contributed by atoms with E-state index in [4.69, 9.17) is 0 Å². The number of hydrogen-bond acceptors (Lipinski definition) is 5. The number of para-hydroxylation sites is 1. The van der Waals surface area contributed by atoms with E-state index in [1.807, 2.05) is 25.3 Å². The molecule has 5 nitrogen and oxygen atoms in total. The van der Waals surface area contributed by atoms with E-state index in [1.54, 1.807) is 23.5 Å². The molecule has 0 spiro atoms. The summed E-state index contributed by atoms with van der Waals surface area (Å²) in [6.45, 7) is 4.49. The third kappa shape index (κ3) is 3.36. The molecule has 100 valence electrons. The summed E-state index contributed by atoms with van der Waals surface area (Å²) in [6.07, 6.45) is 0. The van der Waals surface area contributed by atoms with Gasteiger partial charge in [0.1, 0.15) is 5.01 Å². The molecule has 19 heavy (non-hydrogen) atoms. The SMILES string of the molecule is Cc1csc(CNC(C)c2ccccc2[N+](=O)[O-])n1. The van der Waals surface area contributed by atoms with Gasteiger partial charge in [-0.25, -0.2) is 4.98 Å². The second-order valence-corrected chi connectivity index (χ2v) is 5.24. The van der Waals surface area contributed by atoms with Gasteiger partial charge in [-0.1, -0.05) is 18.2 Å². The Bertz CT molecular complexity index is 583. The Labute approximate surface area is 115 Å². The number of nitro groups is 1. The van der Waals surface area contributed by atoms with Gasteiger partial charge in [-0.05, 0) is 13.8 Å². The molecule has 0 fully saturated rings. The molecule has 0 saturated heterocycles. The number of aryl methyl sites for hydroxylation is 1. The summed E-state index contributed by atoms with van der Waals surface area (Å²) in [4.78, 5) is 15.0. The maximum Gasteiger partial charge on any atom is 0.274 e. The Morgan fingerprint density at radius 2 is 2.21 bits per heavy atom. The first-order valence-electron chi connectivity index (χ1n) is 5.95. The van der Waals surface area contributed by atoms with Crippen LogP contribution in [0.25, 0.3) is 0 Å². The van der Waals surface area contributed by atoms with Gasteiger partial charge in [0.25, 0.3) is 5.69 Å². The Morgan fingerprint density at radius 3 is 2.84 bits per heavy atom. The van der Waals surface area contributed by atoms with Crippen molar-refractivity contribution in [1.82, 2.24) is 10.3 Å². The fourth-order valence-corrected chi connectivity index (χ4v) is 2.58. The molecule has 1 aromatic heterocycles. The molecule has 1 N–H and O–H groups in total. The Hall–Kier alpha value is -1.79. The van der Waals surface area contributed by atoms with E-state index in [2.05, 4.69) is 10.3 Å². The largest absolute Gasteiger partial charge is 0.304 e. The highest BCUT2D eigenvalue weighted by Gasteiger charge is 2.17. The molecule has 1 aromatic carbocycles. The van der Waals surface area contributed by atoms with Crippen molar-refractivity contribution in [3.05, 3.63) is 56.0 Å². The quantitative estimate of drug-likeness (QED) is 0.673. The molecule has 0 radical (unpaired) electrons. The van der Waals surface area contributed by atoms with Gasteiger partial charge in [0.15, 0.2) is 0 Å². The molecule has 2 aromatic rings. The van der Waals surface area contributed by atoms with E-state index in [0.717, 1.165) is 10.7 Å². The third-order valence-electron chi connectivity index (χ3n) is 2.83. The minimum atomic E-state index is -0.346. The molecule has 1 heterocycles. The van der Waals surface area contributed by atoms with E-state index in [0.29, 0.717) is 12.1 Å². The smallest absolute Gasteiger partial charge is 0.274 e. The molecular weight excluding hydrogens is 262 g/mol. The fourth-order valence-electron chi connectivity index (χ4n) is 1.85. The second-order valence-electron chi connectivity index (χ2n) is 4.30. The zero-order valence-electron chi connectivity index (χ0n) is 10.8. The van der Waals surface area contributed by atoms with E-state index in [9.17, 15) is 10.1 Å². The number of thiazole rings is 1. The molecule has 0 aliphatic rings. The second kappa shape index (κ2) is 5.90. The van der Waals surface area contributed by atoms with Gasteiger partial charge < -0.3 is 5.32 Å². The van der Waals surface area contributed by atoms with E-state index in [-0.39, 0.29) is 16.7 Å². The zero-order valence-corrected chi connectivity index (χ0v) is 11.6. The van der Waals surface area contributed by atoms with Crippen molar-refractivity contribution in [1.29, 1.82) is 0 Å². The Morgan fingerprint density at radius 1 is 1.47 bits per heavy atom. The monoisotopic (exact) mass is 277 g/mol. The van der Waals surface area contributed by atoms with Crippen molar-refractivity contribution >= 4 is 17.0 Å². The summed E-state index contributed by atoms with van der Waals surface area (Å²) in [5.41, 5.74) is 1.85. The standard InChI is InChI=1S/C13H15N3O2S/c1-9-8-19-13(15-9)7-14-10(2)11-5-3-4-6-12(11)16(17)18/h3-6,8,10,14H,7H2,1-2H3. The summed E-state index contributed by atoms with van der Waals surface area (Å²) < 4.78 is 0. The zero-order chi connectivity index (χ0) is 13.8. The van der Waals surface area contributed by atoms with Crippen LogP contribution in [-0.4, -0.2) is 9.91 Å². The van der Waals surface area contributed by atoms with Crippen LogP contribution >= 0.6 is 11.3 Å². The van der Waals surface area contributed by atoms with Gasteiger partial charge in [0.2, 0.25) is 0 Å². The fraction of sp³-hybridized carbons (Fsp3) is 0.308. The lowest BCUT2D eigenvalue weighted by atomic mass is 10.1. The topological polar surface area (TPSA) is 68.1 Å². The molecule has 2 rings (SSSR count). The summed E-state index contributed by atoms with van der Waals surface area (Å²) >= 11 is 1.59. The van der Waals surface area contributed by atoms with Gasteiger partial charge in [-0.2, -0.15) is 0 Å². The molecule has 1 atom stereocenters. The summed E-state index contributed by atoms with van der Waals surface area (Å²) in [6, 6.07) is 6.71. The number of aromatic nitrogens is 1. The predicted octanol–water partition coefficient (Wildman–Crippen LogP) is 3.21. The number of rotatable bonds is 5. The number of nitro benzene ring substituents is 1. The molecular formula is C13H15N3O2S. The lowest BCUT2D eigenvalue weighted by Gasteiger charge is -2.13. The van der Waals surface area contributed by atoms with Crippen molar-refractivity contribution < 1.29 is 4.92 Å². The molecule has 0 saturated carbocycles. The first-order valence-corrected chi connectivity index (χ1v) is 6.83. The summed E-state index contributed by atoms with van der Waals surface area (Å²) in [5.74, 6) is 0. The van der Waals surface area contributed by atoms with Crippen molar-refractivity contribution in [3.8, 4) is 0 Å². The maximum atomic E-state index is 11.0. The first kappa shape index (κ1) is 13.6. The molecule has 0 aliphatic heterocycles. The van der Waals surface area contributed by atoms with Crippen LogP contribution in [0.5, 0.6) is 0 Å². The van der Waals surface area contributed by atoms with Gasteiger partial charge in [-0.15, -0.1) is 11.3 Å². The van der Waals surface area contributed by atoms with Crippen LogP contribution in [0.2, 0.25) is 0 Å². The average Bonchev–Trinajstić information content (AvgIpc) is 2.81. The van der Waals surface area contributed by atoms with Crippen molar-refractivity contribution in [2.24, 2.45) is 0 Å². The molecule has 1 unspecified atom stereocenters. The van der Waals surface area contributed by atoms with Crippen LogP contribution in [0.3, 0.4) is 0 Å². The predicted molar refractivity (Wildman–Crippen MR) is 75.2 cm³/mol. The van der Waals surface area contributed by atoms with Crippen LogP contribution in [0.4, 0.5) is 5.69 Å². The summed E-state index contributed by atoms with van der Waals surface area (Å²) in [5, 5.41) is 17.2. The van der Waals surface area contributed by atoms with Crippen molar-refractivity contribution in [3.63, 3.8) is 0 Å². The Kier molecular flexibility index (Phi) is 4.24. The normalized spacial score (nSPS) is 12.3. The molecule has 6 heteroatoms. The summed E-state index contributed by atoms with van der Waals surface area (Å²) in [7, 11) is 0. The molecule has 0 aliphatic carbocycles. The third-order valence-corrected chi connectivity index (χ3v) is 3.79.